The van der Waals surface area contributed by atoms with Gasteiger partial charge >= 0.3 is 6.09 Å². The molecule has 2 unspecified atom stereocenters. The number of carbonyl (C=O) groups is 1. The van der Waals surface area contributed by atoms with Crippen molar-refractivity contribution in [3.05, 3.63) is 35.8 Å². The molecular weight excluding hydrogens is 294 g/mol. The maximum Gasteiger partial charge on any atom is 0.414 e. The zero-order valence-corrected chi connectivity index (χ0v) is 14.4. The standard InChI is InChI=1S/C17H25N3O3/c1-6-13-11-17(22,14-8-7-9-18-19-14)10-12(2)20(13)15(21)23-16(3,4)5/h6-9,12,22H,10-11H2,1-5H3/b13-6-. The molecule has 0 bridgehead atoms. The molecule has 0 saturated carbocycles. The Morgan fingerprint density at radius 2 is 2.22 bits per heavy atom. The first-order valence-electron chi connectivity index (χ1n) is 7.84. The van der Waals surface area contributed by atoms with Gasteiger partial charge in [-0.2, -0.15) is 10.2 Å². The molecule has 2 rings (SSSR count). The third kappa shape index (κ3) is 3.88. The number of piperidine rings is 1. The first-order chi connectivity index (χ1) is 10.7. The second-order valence-electron chi connectivity index (χ2n) is 7.00. The van der Waals surface area contributed by atoms with Crippen molar-refractivity contribution in [2.45, 2.75) is 64.7 Å². The topological polar surface area (TPSA) is 75.6 Å². The SMILES string of the molecule is C/C=C1/CC(O)(c2cccnn2)CC(C)N1C(=O)OC(C)(C)C. The molecule has 1 aliphatic heterocycles. The van der Waals surface area contributed by atoms with Crippen LogP contribution in [0, 0.1) is 0 Å². The van der Waals surface area contributed by atoms with Crippen molar-refractivity contribution in [2.24, 2.45) is 0 Å². The van der Waals surface area contributed by atoms with E-state index in [2.05, 4.69) is 10.2 Å². The molecule has 1 aliphatic rings. The molecule has 6 heteroatoms. The molecule has 0 aromatic carbocycles. The van der Waals surface area contributed by atoms with Crippen molar-refractivity contribution in [3.63, 3.8) is 0 Å². The van der Waals surface area contributed by atoms with Crippen molar-refractivity contribution in [2.75, 3.05) is 0 Å². The van der Waals surface area contributed by atoms with Crippen molar-refractivity contribution >= 4 is 6.09 Å². The number of aromatic nitrogens is 2. The Morgan fingerprint density at radius 1 is 1.52 bits per heavy atom. The third-order valence-corrected chi connectivity index (χ3v) is 3.83. The van der Waals surface area contributed by atoms with Gasteiger partial charge in [-0.25, -0.2) is 4.79 Å². The molecule has 1 saturated heterocycles. The van der Waals surface area contributed by atoms with Gasteiger partial charge in [-0.15, -0.1) is 0 Å². The molecule has 1 aromatic heterocycles. The van der Waals surface area contributed by atoms with Crippen molar-refractivity contribution in [1.82, 2.24) is 15.1 Å². The molecule has 1 amide bonds. The summed E-state index contributed by atoms with van der Waals surface area (Å²) in [7, 11) is 0. The molecular formula is C17H25N3O3. The lowest BCUT2D eigenvalue weighted by Gasteiger charge is -2.43. The Hall–Kier alpha value is -1.95. The molecule has 2 atom stereocenters. The number of hydrogen-bond acceptors (Lipinski definition) is 5. The van der Waals surface area contributed by atoms with E-state index in [1.54, 1.807) is 23.2 Å². The summed E-state index contributed by atoms with van der Waals surface area (Å²) in [4.78, 5) is 14.1. The summed E-state index contributed by atoms with van der Waals surface area (Å²) < 4.78 is 5.49. The number of allylic oxidation sites excluding steroid dienone is 1. The van der Waals surface area contributed by atoms with E-state index in [9.17, 15) is 9.90 Å². The van der Waals surface area contributed by atoms with Gasteiger partial charge in [-0.1, -0.05) is 6.08 Å². The van der Waals surface area contributed by atoms with Gasteiger partial charge in [0.25, 0.3) is 0 Å². The van der Waals surface area contributed by atoms with Gasteiger partial charge in [-0.3, -0.25) is 4.90 Å². The van der Waals surface area contributed by atoms with Crippen LogP contribution in [-0.4, -0.2) is 37.9 Å². The maximum atomic E-state index is 12.5. The summed E-state index contributed by atoms with van der Waals surface area (Å²) in [5.74, 6) is 0. The van der Waals surface area contributed by atoms with E-state index in [0.29, 0.717) is 18.5 Å². The highest BCUT2D eigenvalue weighted by Crippen LogP contribution is 2.40. The lowest BCUT2D eigenvalue weighted by Crippen LogP contribution is -2.50. The number of rotatable bonds is 1. The number of aliphatic hydroxyl groups is 1. The van der Waals surface area contributed by atoms with Crippen molar-refractivity contribution in [3.8, 4) is 0 Å². The molecule has 0 radical (unpaired) electrons. The van der Waals surface area contributed by atoms with E-state index in [1.165, 1.54) is 0 Å². The zero-order chi connectivity index (χ0) is 17.3. The normalized spacial score (nSPS) is 27.1. The van der Waals surface area contributed by atoms with Crippen LogP contribution >= 0.6 is 0 Å². The van der Waals surface area contributed by atoms with Gasteiger partial charge in [0.2, 0.25) is 0 Å². The van der Waals surface area contributed by atoms with Gasteiger partial charge in [0.15, 0.2) is 0 Å². The number of hydrogen-bond donors (Lipinski definition) is 1. The minimum absolute atomic E-state index is 0.211. The molecule has 1 N–H and O–H groups in total. The van der Waals surface area contributed by atoms with Crippen LogP contribution in [0.2, 0.25) is 0 Å². The third-order valence-electron chi connectivity index (χ3n) is 3.83. The summed E-state index contributed by atoms with van der Waals surface area (Å²) in [6.07, 6.45) is 3.69. The van der Waals surface area contributed by atoms with Gasteiger partial charge in [0.1, 0.15) is 11.2 Å². The van der Waals surface area contributed by atoms with Crippen molar-refractivity contribution in [1.29, 1.82) is 0 Å². The number of nitrogens with zero attached hydrogens (tertiary/aromatic N) is 3. The smallest absolute Gasteiger partial charge is 0.414 e. The first-order valence-corrected chi connectivity index (χ1v) is 7.84. The number of likely N-dealkylation sites (tertiary alicyclic amines) is 1. The second-order valence-corrected chi connectivity index (χ2v) is 7.00. The highest BCUT2D eigenvalue weighted by atomic mass is 16.6. The van der Waals surface area contributed by atoms with Crippen LogP contribution in [0.1, 0.15) is 53.2 Å². The fourth-order valence-corrected chi connectivity index (χ4v) is 2.91. The molecule has 126 valence electrons. The Labute approximate surface area is 137 Å². The van der Waals surface area contributed by atoms with Crippen LogP contribution in [0.15, 0.2) is 30.1 Å². The molecule has 6 nitrogen and oxygen atoms in total. The number of carbonyl (C=O) groups excluding carboxylic acids is 1. The van der Waals surface area contributed by atoms with Crippen molar-refractivity contribution < 1.29 is 14.6 Å². The van der Waals surface area contributed by atoms with Gasteiger partial charge in [0, 0.05) is 30.8 Å². The Balaban J connectivity index is 2.27. The van der Waals surface area contributed by atoms with Gasteiger partial charge < -0.3 is 9.84 Å². The van der Waals surface area contributed by atoms with E-state index in [1.807, 2.05) is 40.7 Å². The summed E-state index contributed by atoms with van der Waals surface area (Å²) in [6, 6.07) is 3.30. The van der Waals surface area contributed by atoms with Crippen LogP contribution < -0.4 is 0 Å². The van der Waals surface area contributed by atoms with Crippen LogP contribution in [-0.2, 0) is 10.3 Å². The summed E-state index contributed by atoms with van der Waals surface area (Å²) >= 11 is 0. The molecule has 23 heavy (non-hydrogen) atoms. The highest BCUT2D eigenvalue weighted by Gasteiger charge is 2.44. The van der Waals surface area contributed by atoms with E-state index in [0.717, 1.165) is 5.70 Å². The quantitative estimate of drug-likeness (QED) is 0.861. The monoisotopic (exact) mass is 319 g/mol. The molecule has 0 aliphatic carbocycles. The lowest BCUT2D eigenvalue weighted by atomic mass is 9.82. The predicted molar refractivity (Wildman–Crippen MR) is 86.5 cm³/mol. The minimum Gasteiger partial charge on any atom is -0.443 e. The summed E-state index contributed by atoms with van der Waals surface area (Å²) in [6.45, 7) is 9.26. The first kappa shape index (κ1) is 17.4. The lowest BCUT2D eigenvalue weighted by molar-refractivity contribution is -0.0391. The Kier molecular flexibility index (Phi) is 4.75. The van der Waals surface area contributed by atoms with E-state index in [-0.39, 0.29) is 12.1 Å². The molecule has 0 spiro atoms. The summed E-state index contributed by atoms with van der Waals surface area (Å²) in [5, 5.41) is 18.9. The zero-order valence-electron chi connectivity index (χ0n) is 14.4. The van der Waals surface area contributed by atoms with Crippen LogP contribution in [0.3, 0.4) is 0 Å². The van der Waals surface area contributed by atoms with Gasteiger partial charge in [0.05, 0.1) is 5.69 Å². The van der Waals surface area contributed by atoms with E-state index in [4.69, 9.17) is 4.74 Å². The Morgan fingerprint density at radius 3 is 2.74 bits per heavy atom. The van der Waals surface area contributed by atoms with Crippen LogP contribution in [0.5, 0.6) is 0 Å². The average Bonchev–Trinajstić information content (AvgIpc) is 2.45. The second kappa shape index (κ2) is 6.28. The molecule has 2 heterocycles. The average molecular weight is 319 g/mol. The minimum atomic E-state index is -1.13. The summed E-state index contributed by atoms with van der Waals surface area (Å²) in [5.41, 5.74) is -0.441. The maximum absolute atomic E-state index is 12.5. The Bertz CT molecular complexity index is 595. The number of ether oxygens (including phenoxy) is 1. The molecule has 1 fully saturated rings. The van der Waals surface area contributed by atoms with Crippen LogP contribution in [0.4, 0.5) is 4.79 Å². The largest absolute Gasteiger partial charge is 0.443 e. The van der Waals surface area contributed by atoms with E-state index < -0.39 is 11.2 Å². The fourth-order valence-electron chi connectivity index (χ4n) is 2.91. The highest BCUT2D eigenvalue weighted by molar-refractivity contribution is 5.71. The van der Waals surface area contributed by atoms with Gasteiger partial charge in [-0.05, 0) is 46.8 Å². The van der Waals surface area contributed by atoms with Crippen LogP contribution in [0.25, 0.3) is 0 Å². The number of amides is 1. The predicted octanol–water partition coefficient (Wildman–Crippen LogP) is 2.99. The molecule has 1 aromatic rings. The fraction of sp³-hybridized carbons (Fsp3) is 0.588. The van der Waals surface area contributed by atoms with E-state index >= 15 is 0 Å².